The molecule has 0 radical (unpaired) electrons. The van der Waals surface area contributed by atoms with Gasteiger partial charge in [-0.15, -0.1) is 0 Å². The van der Waals surface area contributed by atoms with E-state index in [1.54, 1.807) is 4.57 Å². The summed E-state index contributed by atoms with van der Waals surface area (Å²) in [5, 5.41) is 3.17. The summed E-state index contributed by atoms with van der Waals surface area (Å²) in [6.45, 7) is 13.5. The minimum absolute atomic E-state index is 0.00854. The molecule has 3 aromatic heterocycles. The topological polar surface area (TPSA) is 21.3 Å². The van der Waals surface area contributed by atoms with E-state index < -0.39 is 55.1 Å². The zero-order valence-corrected chi connectivity index (χ0v) is 64.4. The average Bonchev–Trinajstić information content (AvgIpc) is 1.07. The Bertz CT molecular complexity index is 7500. The van der Waals surface area contributed by atoms with E-state index in [0.29, 0.717) is 46.9 Å². The maximum absolute atomic E-state index is 10.2. The van der Waals surface area contributed by atoms with Gasteiger partial charge >= 0.3 is 0 Å². The molecule has 0 amide bonds. The van der Waals surface area contributed by atoms with Crippen LogP contribution in [-0.4, -0.2) is 27.0 Å². The minimum atomic E-state index is -0.536. The molecule has 546 valence electrons. The summed E-state index contributed by atoms with van der Waals surface area (Å²) in [5.74, 6) is 0. The van der Waals surface area contributed by atoms with Crippen molar-refractivity contribution in [1.29, 1.82) is 0 Å². The van der Waals surface area contributed by atoms with E-state index in [2.05, 4.69) is 291 Å². The monoisotopic (exact) mass is 1480 g/mol. The first-order valence-corrected chi connectivity index (χ1v) is 39.4. The summed E-state index contributed by atoms with van der Waals surface area (Å²) >= 11 is 0. The predicted molar refractivity (Wildman–Crippen MR) is 485 cm³/mol. The molecule has 0 spiro atoms. The zero-order chi connectivity index (χ0) is 86.9. The van der Waals surface area contributed by atoms with Crippen LogP contribution in [0.3, 0.4) is 0 Å². The lowest BCUT2D eigenvalue weighted by molar-refractivity contribution is 0.567. The van der Waals surface area contributed by atoms with Crippen molar-refractivity contribution in [2.75, 3.05) is 16.3 Å². The summed E-state index contributed by atoms with van der Waals surface area (Å²) in [7, 11) is 0. The SMILES string of the molecule is [2H]c1c([2H])c([2H])c2c(c1[2H])c1cc(-n3c4ccccc4c4ccccc43)ccc1n2Cc1cc2c3c(c1)N(c1cc(-c4ccccc4)cc(-c4ccccc4)c1)c1cc(Cc4cc(C(C)(C)C)cc(C(C)(C)C)c4)ccc1B3c1ccc(-n3c4c([2H])c([2H])c([2H])c([2H])c4c4c([2H])c([2H])c([2H])c([2H])c43)cc1N2CCc1cc(-c2ccccc2)cc(-c2ccccc2)c1. The summed E-state index contributed by atoms with van der Waals surface area (Å²) in [4.78, 5) is 4.84. The summed E-state index contributed by atoms with van der Waals surface area (Å²) < 4.78 is 121. The van der Waals surface area contributed by atoms with Gasteiger partial charge in [-0.3, -0.25) is 0 Å². The Morgan fingerprint density at radius 1 is 0.298 bits per heavy atom. The van der Waals surface area contributed by atoms with Crippen molar-refractivity contribution in [2.45, 2.75) is 71.8 Å². The summed E-state index contributed by atoms with van der Waals surface area (Å²) in [6, 6.07) is 98.4. The normalized spacial score (nSPS) is 14.2. The van der Waals surface area contributed by atoms with Gasteiger partial charge in [0.25, 0.3) is 6.71 Å². The molecule has 0 aliphatic carbocycles. The molecule has 5 nitrogen and oxygen atoms in total. The van der Waals surface area contributed by atoms with Crippen LogP contribution in [0, 0.1) is 0 Å². The number of fused-ring (bicyclic) bond motifs is 13. The number of aromatic nitrogens is 3. The summed E-state index contributed by atoms with van der Waals surface area (Å²) in [5.41, 5.74) is 25.9. The fourth-order valence-electron chi connectivity index (χ4n) is 18.1. The van der Waals surface area contributed by atoms with E-state index >= 15 is 0 Å². The van der Waals surface area contributed by atoms with Crippen molar-refractivity contribution in [2.24, 2.45) is 0 Å². The molecule has 114 heavy (non-hydrogen) atoms. The number of para-hydroxylation sites is 5. The third-order valence-electron chi connectivity index (χ3n) is 23.6. The van der Waals surface area contributed by atoms with Crippen molar-refractivity contribution in [3.05, 3.63) is 397 Å². The molecule has 21 rings (SSSR count). The number of rotatable bonds is 14. The van der Waals surface area contributed by atoms with Gasteiger partial charge in [0.15, 0.2) is 0 Å². The van der Waals surface area contributed by atoms with Gasteiger partial charge in [-0.05, 0) is 221 Å². The van der Waals surface area contributed by atoms with E-state index in [9.17, 15) is 13.7 Å². The van der Waals surface area contributed by atoms with E-state index in [1.165, 1.54) is 16.7 Å². The molecular formula is C108H86BN5. The van der Waals surface area contributed by atoms with Gasteiger partial charge in [0.05, 0.1) is 38.5 Å². The van der Waals surface area contributed by atoms with Crippen molar-refractivity contribution in [1.82, 2.24) is 13.7 Å². The highest BCUT2D eigenvalue weighted by molar-refractivity contribution is 7.00. The Morgan fingerprint density at radius 2 is 0.754 bits per heavy atom. The van der Waals surface area contributed by atoms with E-state index in [1.807, 2.05) is 60.7 Å². The van der Waals surface area contributed by atoms with Crippen LogP contribution in [0.4, 0.5) is 28.4 Å². The van der Waals surface area contributed by atoms with E-state index in [-0.39, 0.29) is 63.4 Å². The molecule has 0 bridgehead atoms. The van der Waals surface area contributed by atoms with Crippen LogP contribution < -0.4 is 26.2 Å². The van der Waals surface area contributed by atoms with Gasteiger partial charge in [-0.2, -0.15) is 0 Å². The van der Waals surface area contributed by atoms with Gasteiger partial charge in [0.1, 0.15) is 0 Å². The van der Waals surface area contributed by atoms with Crippen LogP contribution in [-0.2, 0) is 30.2 Å². The molecule has 0 saturated heterocycles. The molecule has 19 aromatic rings. The van der Waals surface area contributed by atoms with Gasteiger partial charge < -0.3 is 23.5 Å². The second-order valence-corrected chi connectivity index (χ2v) is 32.8. The van der Waals surface area contributed by atoms with Crippen molar-refractivity contribution >= 4 is 117 Å². The van der Waals surface area contributed by atoms with Crippen LogP contribution in [0.2, 0.25) is 0 Å². The first kappa shape index (κ1) is 56.7. The standard InChI is InChI=1S/C108H86BN5/c1-107(2,3)83-58-73(59-84(67-83)108(4,5)6)55-71-47-50-95-103(60-71)114(87-65-81(77-33-15-9-16-34-77)64-82(66-87)78-35-17-10-18-36-78)105-62-74(70-111-96-42-24-19-41-92(96)93-68-85(49-52-97(93)111)112-98-43-25-20-37-88(98)89-38-21-26-44-99(89)112)61-104-106(105)109(95)94-51-48-86(113-100-45-27-22-39-90(100)91-40-23-28-46-101(91)113)69-102(94)110(104)54-53-72-56-79(75-29-11-7-12-30-75)63-80(57-72)76-31-13-8-14-32-76/h7-52,56-69H,53-55,70H2,1-6H3/i19D,22D,23D,24D,27D,28D,39D,40D,41D,42D,45D,46D. The maximum Gasteiger partial charge on any atom is 0.252 e. The number of nitrogens with zero attached hydrogens (tertiary/aromatic N) is 5. The zero-order valence-electron chi connectivity index (χ0n) is 76.4. The molecule has 0 N–H and O–H groups in total. The Morgan fingerprint density at radius 3 is 1.32 bits per heavy atom. The Labute approximate surface area is 684 Å². The van der Waals surface area contributed by atoms with Crippen LogP contribution in [0.15, 0.2) is 364 Å². The third-order valence-corrected chi connectivity index (χ3v) is 23.6. The molecule has 5 heterocycles. The molecule has 6 heteroatoms. The first-order chi connectivity index (χ1) is 60.7. The highest BCUT2D eigenvalue weighted by Crippen LogP contribution is 2.48. The highest BCUT2D eigenvalue weighted by Gasteiger charge is 2.44. The summed E-state index contributed by atoms with van der Waals surface area (Å²) in [6.07, 6.45) is 1.07. The van der Waals surface area contributed by atoms with Gasteiger partial charge in [-0.1, -0.05) is 302 Å². The van der Waals surface area contributed by atoms with Crippen molar-refractivity contribution in [3.63, 3.8) is 0 Å². The fraction of sp³-hybridized carbons (Fsp3) is 0.111. The molecule has 0 atom stereocenters. The second-order valence-electron chi connectivity index (χ2n) is 32.8. The molecule has 2 aliphatic rings. The van der Waals surface area contributed by atoms with E-state index in [4.69, 9.17) is 2.74 Å². The van der Waals surface area contributed by atoms with Gasteiger partial charge in [0.2, 0.25) is 0 Å². The van der Waals surface area contributed by atoms with Crippen LogP contribution >= 0.6 is 0 Å². The van der Waals surface area contributed by atoms with Crippen LogP contribution in [0.1, 0.15) is 91.4 Å². The molecule has 0 saturated carbocycles. The average molecular weight is 1480 g/mol. The lowest BCUT2D eigenvalue weighted by Crippen LogP contribution is -2.62. The second kappa shape index (κ2) is 27.2. The lowest BCUT2D eigenvalue weighted by atomic mass is 9.33. The van der Waals surface area contributed by atoms with Crippen molar-refractivity contribution < 1.29 is 16.4 Å². The molecule has 0 fully saturated rings. The van der Waals surface area contributed by atoms with E-state index in [0.717, 1.165) is 134 Å². The Kier molecular flexibility index (Phi) is 13.5. The lowest BCUT2D eigenvalue weighted by Gasteiger charge is -2.45. The largest absolute Gasteiger partial charge is 0.342 e. The number of hydrogen-bond donors (Lipinski definition) is 0. The maximum atomic E-state index is 10.2. The van der Waals surface area contributed by atoms with Crippen LogP contribution in [0.5, 0.6) is 0 Å². The Hall–Kier alpha value is -13.4. The van der Waals surface area contributed by atoms with Gasteiger partial charge in [0, 0.05) is 96.3 Å². The van der Waals surface area contributed by atoms with Gasteiger partial charge in [-0.25, -0.2) is 0 Å². The predicted octanol–water partition coefficient (Wildman–Crippen LogP) is 25.9. The quantitative estimate of drug-likeness (QED) is 0.101. The third kappa shape index (κ3) is 11.8. The molecular weight excluding hydrogens is 1380 g/mol. The minimum Gasteiger partial charge on any atom is -0.342 e. The molecule has 16 aromatic carbocycles. The molecule has 2 aliphatic heterocycles. The number of anilines is 5. The highest BCUT2D eigenvalue weighted by atomic mass is 15.2. The first-order valence-electron chi connectivity index (χ1n) is 45.4. The number of hydrogen-bond acceptors (Lipinski definition) is 2. The van der Waals surface area contributed by atoms with Crippen LogP contribution in [0.25, 0.3) is 121 Å². The molecule has 0 unspecified atom stereocenters. The number of benzene rings is 16. The smallest absolute Gasteiger partial charge is 0.252 e. The van der Waals surface area contributed by atoms with Crippen molar-refractivity contribution in [3.8, 4) is 55.9 Å². The Balaban J connectivity index is 0.878. The fourth-order valence-corrected chi connectivity index (χ4v) is 18.1.